The summed E-state index contributed by atoms with van der Waals surface area (Å²) in [5.74, 6) is -2.65. The van der Waals surface area contributed by atoms with Crippen molar-refractivity contribution in [1.29, 1.82) is 0 Å². The van der Waals surface area contributed by atoms with Crippen LogP contribution in [-0.2, 0) is 22.3 Å². The molecule has 45 heavy (non-hydrogen) atoms. The number of nitrogens with zero attached hydrogens (tertiary/aromatic N) is 4. The van der Waals surface area contributed by atoms with E-state index in [1.165, 1.54) is 12.4 Å². The Labute approximate surface area is 264 Å². The summed E-state index contributed by atoms with van der Waals surface area (Å²) in [6.45, 7) is 6.97. The van der Waals surface area contributed by atoms with Crippen LogP contribution in [0.25, 0.3) is 11.0 Å². The molecule has 0 radical (unpaired) electrons. The fourth-order valence-electron chi connectivity index (χ4n) is 7.51. The lowest BCUT2D eigenvalue weighted by Gasteiger charge is -2.37. The summed E-state index contributed by atoms with van der Waals surface area (Å²) in [5, 5.41) is 4.11. The maximum atomic E-state index is 15.9. The van der Waals surface area contributed by atoms with E-state index in [2.05, 4.69) is 27.1 Å². The number of alkyl halides is 2. The van der Waals surface area contributed by atoms with E-state index in [4.69, 9.17) is 0 Å². The average Bonchev–Trinajstić information content (AvgIpc) is 3.02. The third-order valence-corrected chi connectivity index (χ3v) is 12.0. The van der Waals surface area contributed by atoms with Gasteiger partial charge >= 0.3 is 0 Å². The van der Waals surface area contributed by atoms with Crippen LogP contribution in [0.15, 0.2) is 41.5 Å². The summed E-state index contributed by atoms with van der Waals surface area (Å²) in [5.41, 5.74) is 1.78. The van der Waals surface area contributed by atoms with Gasteiger partial charge in [0, 0.05) is 36.2 Å². The van der Waals surface area contributed by atoms with Gasteiger partial charge in [-0.15, -0.1) is 0 Å². The normalized spacial score (nSPS) is 27.9. The lowest BCUT2D eigenvalue weighted by molar-refractivity contribution is -0.0862. The number of aromatic nitrogens is 3. The van der Waals surface area contributed by atoms with Crippen LogP contribution in [-0.4, -0.2) is 59.0 Å². The van der Waals surface area contributed by atoms with Crippen molar-refractivity contribution in [3.63, 3.8) is 0 Å². The zero-order valence-corrected chi connectivity index (χ0v) is 27.2. The number of sulfone groups is 1. The molecule has 2 fully saturated rings. The molecule has 2 saturated heterocycles. The standard InChI is InChI=1S/C34H45F2N5O3S/c1-23-7-4-3-5-14-41-32-30(20-29(33(41)42)25-12-17-45(43,44)18-13-25)31(37-22-38-32)39-24(2)26-8-6-9-28(19-26)34(35,36)27-10-15-40(21-23)16-11-27/h6,8-9,19-20,22-25,27H,3-5,7,10-18,21H2,1-2H3,(H,37,38,39)/t23-,24-/m1/s1. The zero-order valence-electron chi connectivity index (χ0n) is 26.4. The number of nitrogens with one attached hydrogen (secondary N) is 1. The molecule has 0 aliphatic carbocycles. The van der Waals surface area contributed by atoms with Gasteiger partial charge in [-0.25, -0.2) is 27.2 Å². The van der Waals surface area contributed by atoms with Gasteiger partial charge in [-0.05, 0) is 88.1 Å². The number of aryl methyl sites for hydroxylation is 1. The third kappa shape index (κ3) is 6.94. The van der Waals surface area contributed by atoms with E-state index in [1.54, 1.807) is 16.7 Å². The minimum atomic E-state index is -3.09. The highest BCUT2D eigenvalue weighted by atomic mass is 32.2. The van der Waals surface area contributed by atoms with Crippen LogP contribution in [0.4, 0.5) is 14.6 Å². The summed E-state index contributed by atoms with van der Waals surface area (Å²) in [4.78, 5) is 25.4. The molecule has 6 heterocycles. The zero-order chi connectivity index (χ0) is 31.8. The van der Waals surface area contributed by atoms with Gasteiger partial charge in [0.25, 0.3) is 11.5 Å². The van der Waals surface area contributed by atoms with E-state index >= 15 is 8.78 Å². The highest BCUT2D eigenvalue weighted by Gasteiger charge is 2.43. The van der Waals surface area contributed by atoms with E-state index in [9.17, 15) is 13.2 Å². The van der Waals surface area contributed by atoms with Crippen LogP contribution < -0.4 is 10.9 Å². The van der Waals surface area contributed by atoms with Gasteiger partial charge in [0.1, 0.15) is 27.6 Å². The molecule has 8 nitrogen and oxygen atoms in total. The number of halogens is 2. The van der Waals surface area contributed by atoms with Crippen molar-refractivity contribution in [2.75, 3.05) is 36.5 Å². The van der Waals surface area contributed by atoms with Gasteiger partial charge < -0.3 is 10.2 Å². The summed E-state index contributed by atoms with van der Waals surface area (Å²) in [6, 6.07) is 8.19. The molecule has 7 rings (SSSR count). The molecule has 0 unspecified atom stereocenters. The first-order valence-electron chi connectivity index (χ1n) is 16.6. The molecule has 1 aromatic carbocycles. The highest BCUT2D eigenvalue weighted by molar-refractivity contribution is 7.91. The molecule has 4 aliphatic rings. The predicted molar refractivity (Wildman–Crippen MR) is 174 cm³/mol. The third-order valence-electron chi connectivity index (χ3n) is 10.3. The van der Waals surface area contributed by atoms with E-state index in [-0.39, 0.29) is 34.6 Å². The summed E-state index contributed by atoms with van der Waals surface area (Å²) in [6.07, 6.45) is 7.07. The van der Waals surface area contributed by atoms with Crippen molar-refractivity contribution in [2.45, 2.75) is 89.6 Å². The van der Waals surface area contributed by atoms with Gasteiger partial charge in [0.15, 0.2) is 0 Å². The maximum Gasteiger partial charge on any atom is 0.276 e. The average molecular weight is 642 g/mol. The smallest absolute Gasteiger partial charge is 0.276 e. The Morgan fingerprint density at radius 1 is 0.933 bits per heavy atom. The molecule has 4 aliphatic heterocycles. The fraction of sp³-hybridized carbons (Fsp3) is 0.618. The topological polar surface area (TPSA) is 97.2 Å². The summed E-state index contributed by atoms with van der Waals surface area (Å²) < 4.78 is 57.9. The van der Waals surface area contributed by atoms with Crippen LogP contribution in [0.2, 0.25) is 0 Å². The molecule has 11 heteroatoms. The van der Waals surface area contributed by atoms with Gasteiger partial charge in [-0.2, -0.15) is 0 Å². The van der Waals surface area contributed by atoms with E-state index in [0.29, 0.717) is 73.7 Å². The maximum absolute atomic E-state index is 15.9. The van der Waals surface area contributed by atoms with Crippen LogP contribution in [0.1, 0.15) is 93.9 Å². The van der Waals surface area contributed by atoms with Gasteiger partial charge in [-0.1, -0.05) is 38.0 Å². The Kier molecular flexibility index (Phi) is 9.30. The lowest BCUT2D eigenvalue weighted by Crippen LogP contribution is -2.41. The molecule has 2 aromatic heterocycles. The molecule has 0 saturated carbocycles. The van der Waals surface area contributed by atoms with Crippen molar-refractivity contribution in [2.24, 2.45) is 11.8 Å². The highest BCUT2D eigenvalue weighted by Crippen LogP contribution is 2.42. The number of rotatable bonds is 1. The predicted octanol–water partition coefficient (Wildman–Crippen LogP) is 6.27. The molecular formula is C34H45F2N5O3S. The monoisotopic (exact) mass is 641 g/mol. The lowest BCUT2D eigenvalue weighted by atomic mass is 9.85. The summed E-state index contributed by atoms with van der Waals surface area (Å²) in [7, 11) is -3.09. The van der Waals surface area contributed by atoms with Gasteiger partial charge in [-0.3, -0.25) is 9.36 Å². The van der Waals surface area contributed by atoms with Gasteiger partial charge in [0.05, 0.1) is 16.9 Å². The molecule has 8 bridgehead atoms. The second-order valence-corrected chi connectivity index (χ2v) is 15.9. The Morgan fingerprint density at radius 2 is 1.69 bits per heavy atom. The largest absolute Gasteiger partial charge is 0.363 e. The minimum absolute atomic E-state index is 0.0438. The quantitative estimate of drug-likeness (QED) is 0.335. The number of piperidine rings is 1. The molecule has 0 amide bonds. The Hall–Kier alpha value is -2.92. The van der Waals surface area contributed by atoms with E-state index in [1.807, 2.05) is 19.1 Å². The van der Waals surface area contributed by atoms with Crippen LogP contribution in [0.5, 0.6) is 0 Å². The van der Waals surface area contributed by atoms with Crippen molar-refractivity contribution < 1.29 is 17.2 Å². The minimum Gasteiger partial charge on any atom is -0.363 e. The molecule has 1 N–H and O–H groups in total. The Bertz CT molecular complexity index is 1670. The number of anilines is 1. The van der Waals surface area contributed by atoms with Crippen LogP contribution in [0.3, 0.4) is 0 Å². The van der Waals surface area contributed by atoms with Crippen molar-refractivity contribution in [3.8, 4) is 0 Å². The number of pyridine rings is 1. The molecular weight excluding hydrogens is 596 g/mol. The Balaban J connectivity index is 1.39. The van der Waals surface area contributed by atoms with E-state index < -0.39 is 21.7 Å². The Morgan fingerprint density at radius 3 is 2.44 bits per heavy atom. The first-order chi connectivity index (χ1) is 21.5. The fourth-order valence-corrected chi connectivity index (χ4v) is 9.00. The van der Waals surface area contributed by atoms with Gasteiger partial charge in [0.2, 0.25) is 0 Å². The van der Waals surface area contributed by atoms with Crippen LogP contribution >= 0.6 is 0 Å². The second-order valence-electron chi connectivity index (χ2n) is 13.6. The second kappa shape index (κ2) is 13.1. The molecule has 2 atom stereocenters. The van der Waals surface area contributed by atoms with Crippen molar-refractivity contribution in [1.82, 2.24) is 19.4 Å². The molecule has 3 aromatic rings. The van der Waals surface area contributed by atoms with Crippen LogP contribution in [0, 0.1) is 11.8 Å². The van der Waals surface area contributed by atoms with Crippen molar-refractivity contribution >= 4 is 26.7 Å². The molecule has 0 spiro atoms. The van der Waals surface area contributed by atoms with E-state index in [0.717, 1.165) is 37.8 Å². The number of fused-ring (bicyclic) bond motifs is 9. The number of benzene rings is 1. The number of hydrogen-bond acceptors (Lipinski definition) is 7. The van der Waals surface area contributed by atoms with Crippen molar-refractivity contribution in [3.05, 3.63) is 63.7 Å². The first kappa shape index (κ1) is 32.0. The first-order valence-corrected chi connectivity index (χ1v) is 18.4. The summed E-state index contributed by atoms with van der Waals surface area (Å²) >= 11 is 0. The number of hydrogen-bond donors (Lipinski definition) is 1. The SMILES string of the molecule is C[C@@H]1CCCCCn2c(=O)c(C3CCS(=O)(=O)CC3)cc3c(ncnc32)N[C@H](C)c2cccc(c2)C(F)(F)C2CCN(CC2)C1. The molecule has 244 valence electrons.